The lowest BCUT2D eigenvalue weighted by Crippen LogP contribution is -2.18. The van der Waals surface area contributed by atoms with E-state index in [1.165, 1.54) is 95.5 Å². The summed E-state index contributed by atoms with van der Waals surface area (Å²) >= 11 is 0. The van der Waals surface area contributed by atoms with Gasteiger partial charge in [-0.15, -0.1) is 0 Å². The highest BCUT2D eigenvalue weighted by Gasteiger charge is 2.24. The Morgan fingerprint density at radius 1 is 0.667 bits per heavy atom. The summed E-state index contributed by atoms with van der Waals surface area (Å²) in [5.74, 6) is 5.10. The molecule has 0 unspecified atom stereocenters. The number of aryl methyl sites for hydroxylation is 1. The Balaban J connectivity index is 1.27. The average Bonchev–Trinajstić information content (AvgIpc) is 2.73. The first-order chi connectivity index (χ1) is 13.3. The third-order valence-electron chi connectivity index (χ3n) is 7.61. The van der Waals surface area contributed by atoms with Crippen molar-refractivity contribution in [2.75, 3.05) is 7.11 Å². The molecule has 2 aliphatic carbocycles. The largest absolute Gasteiger partial charge is 0.497 e. The molecule has 0 aromatic heterocycles. The van der Waals surface area contributed by atoms with E-state index in [1.807, 2.05) is 0 Å². The summed E-state index contributed by atoms with van der Waals surface area (Å²) in [6, 6.07) is 8.67. The van der Waals surface area contributed by atoms with E-state index in [0.29, 0.717) is 0 Å². The van der Waals surface area contributed by atoms with Crippen molar-refractivity contribution < 1.29 is 4.74 Å². The summed E-state index contributed by atoms with van der Waals surface area (Å²) in [6.45, 7) is 2.35. The van der Waals surface area contributed by atoms with Crippen molar-refractivity contribution in [1.29, 1.82) is 0 Å². The Morgan fingerprint density at radius 2 is 1.11 bits per heavy atom. The second-order valence-corrected chi connectivity index (χ2v) is 9.53. The predicted molar refractivity (Wildman–Crippen MR) is 116 cm³/mol. The van der Waals surface area contributed by atoms with Crippen molar-refractivity contribution >= 4 is 0 Å². The van der Waals surface area contributed by atoms with Crippen LogP contribution in [0, 0.1) is 23.7 Å². The minimum absolute atomic E-state index is 0.966. The summed E-state index contributed by atoms with van der Waals surface area (Å²) in [6.07, 6.45) is 20.6. The molecule has 1 aromatic carbocycles. The second-order valence-electron chi connectivity index (χ2n) is 9.53. The molecule has 0 N–H and O–H groups in total. The molecule has 0 saturated heterocycles. The van der Waals surface area contributed by atoms with Gasteiger partial charge in [0.05, 0.1) is 7.11 Å². The minimum atomic E-state index is 0.966. The lowest BCUT2D eigenvalue weighted by atomic mass is 9.74. The minimum Gasteiger partial charge on any atom is -0.497 e. The maximum absolute atomic E-state index is 5.26. The quantitative estimate of drug-likeness (QED) is 0.430. The van der Waals surface area contributed by atoms with Crippen LogP contribution >= 0.6 is 0 Å². The molecule has 27 heavy (non-hydrogen) atoms. The van der Waals surface area contributed by atoms with Crippen LogP contribution in [-0.4, -0.2) is 7.11 Å². The van der Waals surface area contributed by atoms with Gasteiger partial charge in [0.15, 0.2) is 0 Å². The lowest BCUT2D eigenvalue weighted by Gasteiger charge is -2.32. The maximum atomic E-state index is 5.26. The molecule has 2 fully saturated rings. The topological polar surface area (TPSA) is 9.23 Å². The highest BCUT2D eigenvalue weighted by molar-refractivity contribution is 5.27. The number of hydrogen-bond donors (Lipinski definition) is 0. The lowest BCUT2D eigenvalue weighted by molar-refractivity contribution is 0.209. The zero-order valence-corrected chi connectivity index (χ0v) is 17.9. The molecule has 2 aliphatic rings. The van der Waals surface area contributed by atoms with E-state index in [4.69, 9.17) is 4.74 Å². The van der Waals surface area contributed by atoms with Crippen molar-refractivity contribution in [2.24, 2.45) is 23.7 Å². The average molecular weight is 371 g/mol. The molecule has 0 radical (unpaired) electrons. The maximum Gasteiger partial charge on any atom is 0.118 e. The Morgan fingerprint density at radius 3 is 1.56 bits per heavy atom. The van der Waals surface area contributed by atoms with Gasteiger partial charge in [-0.25, -0.2) is 0 Å². The van der Waals surface area contributed by atoms with Gasteiger partial charge in [0.1, 0.15) is 5.75 Å². The fourth-order valence-electron chi connectivity index (χ4n) is 5.66. The fourth-order valence-corrected chi connectivity index (χ4v) is 5.66. The Labute approximate surface area is 168 Å². The summed E-state index contributed by atoms with van der Waals surface area (Å²) in [4.78, 5) is 0. The Bertz CT molecular complexity index is 504. The van der Waals surface area contributed by atoms with Crippen LogP contribution in [0.2, 0.25) is 0 Å². The smallest absolute Gasteiger partial charge is 0.118 e. The van der Waals surface area contributed by atoms with Crippen LogP contribution in [0.1, 0.15) is 96.0 Å². The highest BCUT2D eigenvalue weighted by atomic mass is 16.5. The number of hydrogen-bond acceptors (Lipinski definition) is 1. The Hall–Kier alpha value is -0.980. The molecule has 1 heteroatoms. The normalized spacial score (nSPS) is 28.8. The SMILES string of the molecule is CCCC1CCC(CCC2CCC(CCc3ccc(OC)cc3)CC2)CC1. The molecule has 3 rings (SSSR count). The second kappa shape index (κ2) is 11.1. The number of ether oxygens (including phenoxy) is 1. The summed E-state index contributed by atoms with van der Waals surface area (Å²) < 4.78 is 5.26. The monoisotopic (exact) mass is 370 g/mol. The van der Waals surface area contributed by atoms with Gasteiger partial charge in [0.2, 0.25) is 0 Å². The molecule has 0 spiro atoms. The molecule has 152 valence electrons. The molecule has 2 saturated carbocycles. The van der Waals surface area contributed by atoms with E-state index in [2.05, 4.69) is 31.2 Å². The van der Waals surface area contributed by atoms with Crippen LogP contribution in [-0.2, 0) is 6.42 Å². The van der Waals surface area contributed by atoms with Crippen molar-refractivity contribution in [2.45, 2.75) is 96.8 Å². The molecule has 1 aromatic rings. The van der Waals surface area contributed by atoms with Crippen molar-refractivity contribution in [1.82, 2.24) is 0 Å². The first-order valence-electron chi connectivity index (χ1n) is 11.9. The summed E-state index contributed by atoms with van der Waals surface area (Å²) in [7, 11) is 1.74. The van der Waals surface area contributed by atoms with E-state index in [-0.39, 0.29) is 0 Å². The van der Waals surface area contributed by atoms with Crippen LogP contribution in [0.15, 0.2) is 24.3 Å². The van der Waals surface area contributed by atoms with Gasteiger partial charge in [0, 0.05) is 0 Å². The number of benzene rings is 1. The predicted octanol–water partition coefficient (Wildman–Crippen LogP) is 7.82. The van der Waals surface area contributed by atoms with Crippen molar-refractivity contribution in [3.05, 3.63) is 29.8 Å². The van der Waals surface area contributed by atoms with Gasteiger partial charge in [0.25, 0.3) is 0 Å². The third kappa shape index (κ3) is 6.84. The van der Waals surface area contributed by atoms with Gasteiger partial charge in [-0.3, -0.25) is 0 Å². The molecular formula is C26H42O. The fraction of sp³-hybridized carbons (Fsp3) is 0.769. The van der Waals surface area contributed by atoms with Crippen LogP contribution in [0.25, 0.3) is 0 Å². The van der Waals surface area contributed by atoms with E-state index in [9.17, 15) is 0 Å². The zero-order valence-electron chi connectivity index (χ0n) is 17.9. The first kappa shape index (κ1) is 20.7. The van der Waals surface area contributed by atoms with Gasteiger partial charge in [-0.2, -0.15) is 0 Å². The summed E-state index contributed by atoms with van der Waals surface area (Å²) in [5.41, 5.74) is 1.47. The molecule has 0 atom stereocenters. The Kier molecular flexibility index (Phi) is 8.55. The third-order valence-corrected chi connectivity index (χ3v) is 7.61. The molecule has 0 amide bonds. The molecule has 1 nitrogen and oxygen atoms in total. The first-order valence-corrected chi connectivity index (χ1v) is 11.9. The van der Waals surface area contributed by atoms with Crippen LogP contribution in [0.5, 0.6) is 5.75 Å². The van der Waals surface area contributed by atoms with Crippen molar-refractivity contribution in [3.8, 4) is 5.75 Å². The number of methoxy groups -OCH3 is 1. The molecule has 0 aliphatic heterocycles. The molecular weight excluding hydrogens is 328 g/mol. The summed E-state index contributed by atoms with van der Waals surface area (Å²) in [5, 5.41) is 0. The van der Waals surface area contributed by atoms with Gasteiger partial charge >= 0.3 is 0 Å². The van der Waals surface area contributed by atoms with E-state index >= 15 is 0 Å². The molecule has 0 heterocycles. The van der Waals surface area contributed by atoms with E-state index < -0.39 is 0 Å². The van der Waals surface area contributed by atoms with E-state index in [0.717, 1.165) is 29.4 Å². The van der Waals surface area contributed by atoms with Crippen LogP contribution < -0.4 is 4.74 Å². The van der Waals surface area contributed by atoms with E-state index in [1.54, 1.807) is 7.11 Å². The van der Waals surface area contributed by atoms with Gasteiger partial charge in [-0.05, 0) is 54.2 Å². The van der Waals surface area contributed by atoms with Crippen molar-refractivity contribution in [3.63, 3.8) is 0 Å². The molecule has 0 bridgehead atoms. The van der Waals surface area contributed by atoms with Gasteiger partial charge < -0.3 is 4.74 Å². The zero-order chi connectivity index (χ0) is 18.9. The highest BCUT2D eigenvalue weighted by Crippen LogP contribution is 2.38. The van der Waals surface area contributed by atoms with Gasteiger partial charge in [-0.1, -0.05) is 96.1 Å². The van der Waals surface area contributed by atoms with Crippen LogP contribution in [0.3, 0.4) is 0 Å². The van der Waals surface area contributed by atoms with Crippen LogP contribution in [0.4, 0.5) is 0 Å². The number of rotatable bonds is 9. The standard InChI is InChI=1S/C26H42O/c1-3-4-21-5-7-22(8-6-21)9-10-23-11-13-24(14-12-23)15-16-25-17-19-26(27-2)20-18-25/h17-24H,3-16H2,1-2H3.